The van der Waals surface area contributed by atoms with Crippen LogP contribution in [0.15, 0.2) is 73.1 Å². The van der Waals surface area contributed by atoms with Crippen LogP contribution in [0.1, 0.15) is 11.6 Å². The van der Waals surface area contributed by atoms with E-state index in [0.717, 1.165) is 11.3 Å². The van der Waals surface area contributed by atoms with Gasteiger partial charge in [0.05, 0.1) is 36.4 Å². The van der Waals surface area contributed by atoms with Gasteiger partial charge in [-0.05, 0) is 17.7 Å². The summed E-state index contributed by atoms with van der Waals surface area (Å²) < 4.78 is 1.68. The molecule has 0 aliphatic rings. The lowest BCUT2D eigenvalue weighted by Crippen LogP contribution is -2.34. The lowest BCUT2D eigenvalue weighted by Gasteiger charge is -2.16. The number of para-hydroxylation sites is 1. The molecule has 1 aromatic heterocycles. The van der Waals surface area contributed by atoms with Gasteiger partial charge in [-0.2, -0.15) is 5.10 Å². The summed E-state index contributed by atoms with van der Waals surface area (Å²) in [6.45, 7) is -0.180. The Morgan fingerprint density at radius 1 is 1.08 bits per heavy atom. The van der Waals surface area contributed by atoms with E-state index in [4.69, 9.17) is 0 Å². The van der Waals surface area contributed by atoms with Gasteiger partial charge in [0.25, 0.3) is 0 Å². The van der Waals surface area contributed by atoms with E-state index in [9.17, 15) is 9.90 Å². The van der Waals surface area contributed by atoms with Crippen LogP contribution >= 0.6 is 0 Å². The van der Waals surface area contributed by atoms with Crippen LogP contribution < -0.4 is 10.6 Å². The molecule has 0 fully saturated rings. The third-order valence-electron chi connectivity index (χ3n) is 3.55. The molecule has 6 nitrogen and oxygen atoms in total. The Bertz CT molecular complexity index is 787. The molecule has 6 heteroatoms. The first kappa shape index (κ1) is 15.8. The molecule has 0 radical (unpaired) electrons. The summed E-state index contributed by atoms with van der Waals surface area (Å²) in [6.07, 6.45) is 3.30. The number of benzene rings is 2. The van der Waals surface area contributed by atoms with E-state index in [0.29, 0.717) is 5.69 Å². The number of hydrogen-bond donors (Lipinski definition) is 3. The average molecular weight is 322 g/mol. The molecule has 0 spiro atoms. The molecule has 0 bridgehead atoms. The molecule has 3 rings (SSSR count). The fourth-order valence-electron chi connectivity index (χ4n) is 2.35. The summed E-state index contributed by atoms with van der Waals surface area (Å²) in [5.41, 5.74) is 2.32. The molecule has 0 aliphatic heterocycles. The number of carbonyl (C=O) groups excluding carboxylic acids is 1. The molecule has 0 saturated carbocycles. The van der Waals surface area contributed by atoms with Crippen molar-refractivity contribution in [2.75, 3.05) is 11.9 Å². The van der Waals surface area contributed by atoms with Gasteiger partial charge < -0.3 is 15.7 Å². The van der Waals surface area contributed by atoms with Crippen LogP contribution in [0, 0.1) is 0 Å². The van der Waals surface area contributed by atoms with Crippen LogP contribution in [-0.4, -0.2) is 27.5 Å². The molecule has 3 aromatic rings. The third-order valence-corrected chi connectivity index (χ3v) is 3.55. The van der Waals surface area contributed by atoms with Gasteiger partial charge in [-0.15, -0.1) is 0 Å². The summed E-state index contributed by atoms with van der Waals surface area (Å²) in [5.74, 6) is 0. The SMILES string of the molecule is O=C(Nc1cnn(-c2ccccc2)c1)NC(CO)c1ccccc1. The first-order chi connectivity index (χ1) is 11.8. The highest BCUT2D eigenvalue weighted by Gasteiger charge is 2.13. The van der Waals surface area contributed by atoms with Gasteiger partial charge in [-0.1, -0.05) is 48.5 Å². The van der Waals surface area contributed by atoms with Crippen LogP contribution in [0.2, 0.25) is 0 Å². The summed E-state index contributed by atoms with van der Waals surface area (Å²) in [7, 11) is 0. The van der Waals surface area contributed by atoms with E-state index in [2.05, 4.69) is 15.7 Å². The van der Waals surface area contributed by atoms with Crippen molar-refractivity contribution in [3.8, 4) is 5.69 Å². The normalized spacial score (nSPS) is 11.7. The largest absolute Gasteiger partial charge is 0.394 e. The van der Waals surface area contributed by atoms with Crippen LogP contribution in [0.3, 0.4) is 0 Å². The molecular formula is C18H18N4O2. The Morgan fingerprint density at radius 3 is 2.42 bits per heavy atom. The van der Waals surface area contributed by atoms with E-state index < -0.39 is 12.1 Å². The van der Waals surface area contributed by atoms with E-state index in [1.54, 1.807) is 17.1 Å². The molecule has 0 aliphatic carbocycles. The van der Waals surface area contributed by atoms with Crippen molar-refractivity contribution in [1.82, 2.24) is 15.1 Å². The second-order valence-electron chi connectivity index (χ2n) is 5.25. The second kappa shape index (κ2) is 7.43. The predicted octanol–water partition coefficient (Wildman–Crippen LogP) is 2.73. The highest BCUT2D eigenvalue weighted by atomic mass is 16.3. The number of aromatic nitrogens is 2. The van der Waals surface area contributed by atoms with Gasteiger partial charge in [0.2, 0.25) is 0 Å². The number of nitrogens with zero attached hydrogens (tertiary/aromatic N) is 2. The van der Waals surface area contributed by atoms with Crippen molar-refractivity contribution < 1.29 is 9.90 Å². The summed E-state index contributed by atoms with van der Waals surface area (Å²) in [5, 5.41) is 19.2. The summed E-state index contributed by atoms with van der Waals surface area (Å²) in [6, 6.07) is 18.1. The average Bonchev–Trinajstić information content (AvgIpc) is 3.09. The molecule has 2 aromatic carbocycles. The Balaban J connectivity index is 1.64. The number of urea groups is 1. The van der Waals surface area contributed by atoms with Gasteiger partial charge in [-0.25, -0.2) is 9.48 Å². The maximum Gasteiger partial charge on any atom is 0.319 e. The maximum atomic E-state index is 12.1. The highest BCUT2D eigenvalue weighted by molar-refractivity contribution is 5.89. The minimum atomic E-state index is -0.463. The molecular weight excluding hydrogens is 304 g/mol. The Hall–Kier alpha value is -3.12. The zero-order valence-corrected chi connectivity index (χ0v) is 13.0. The smallest absolute Gasteiger partial charge is 0.319 e. The van der Waals surface area contributed by atoms with Crippen molar-refractivity contribution in [3.05, 3.63) is 78.6 Å². The minimum Gasteiger partial charge on any atom is -0.394 e. The molecule has 1 unspecified atom stereocenters. The lowest BCUT2D eigenvalue weighted by molar-refractivity contribution is 0.225. The van der Waals surface area contributed by atoms with Crippen LogP contribution in [0.4, 0.5) is 10.5 Å². The van der Waals surface area contributed by atoms with E-state index in [1.807, 2.05) is 60.7 Å². The van der Waals surface area contributed by atoms with Crippen molar-refractivity contribution in [1.29, 1.82) is 0 Å². The zero-order valence-electron chi connectivity index (χ0n) is 13.0. The predicted molar refractivity (Wildman–Crippen MR) is 92.0 cm³/mol. The standard InChI is InChI=1S/C18H18N4O2/c23-13-17(14-7-3-1-4-8-14)21-18(24)20-15-11-19-22(12-15)16-9-5-2-6-10-16/h1-12,17,23H,13H2,(H2,20,21,24). The Labute approximate surface area is 139 Å². The van der Waals surface area contributed by atoms with Crippen molar-refractivity contribution in [3.63, 3.8) is 0 Å². The molecule has 3 N–H and O–H groups in total. The lowest BCUT2D eigenvalue weighted by atomic mass is 10.1. The number of nitrogens with one attached hydrogen (secondary N) is 2. The summed E-state index contributed by atoms with van der Waals surface area (Å²) in [4.78, 5) is 12.1. The number of aliphatic hydroxyl groups excluding tert-OH is 1. The van der Waals surface area contributed by atoms with Crippen LogP contribution in [0.5, 0.6) is 0 Å². The van der Waals surface area contributed by atoms with E-state index in [1.165, 1.54) is 0 Å². The molecule has 1 atom stereocenters. The number of aliphatic hydroxyl groups is 1. The molecule has 2 amide bonds. The van der Waals surface area contributed by atoms with Gasteiger partial charge >= 0.3 is 6.03 Å². The number of amides is 2. The topological polar surface area (TPSA) is 79.2 Å². The molecule has 24 heavy (non-hydrogen) atoms. The number of anilines is 1. The quantitative estimate of drug-likeness (QED) is 0.676. The highest BCUT2D eigenvalue weighted by Crippen LogP contribution is 2.14. The van der Waals surface area contributed by atoms with Crippen molar-refractivity contribution in [2.24, 2.45) is 0 Å². The van der Waals surface area contributed by atoms with Gasteiger partial charge in [-0.3, -0.25) is 0 Å². The second-order valence-corrected chi connectivity index (χ2v) is 5.25. The van der Waals surface area contributed by atoms with E-state index in [-0.39, 0.29) is 6.61 Å². The number of hydrogen-bond acceptors (Lipinski definition) is 3. The first-order valence-corrected chi connectivity index (χ1v) is 7.59. The fraction of sp³-hybridized carbons (Fsp3) is 0.111. The molecule has 1 heterocycles. The minimum absolute atomic E-state index is 0.180. The first-order valence-electron chi connectivity index (χ1n) is 7.59. The fourth-order valence-corrected chi connectivity index (χ4v) is 2.35. The van der Waals surface area contributed by atoms with Gasteiger partial charge in [0.1, 0.15) is 0 Å². The van der Waals surface area contributed by atoms with E-state index >= 15 is 0 Å². The van der Waals surface area contributed by atoms with Crippen molar-refractivity contribution in [2.45, 2.75) is 6.04 Å². The molecule has 122 valence electrons. The van der Waals surface area contributed by atoms with Crippen LogP contribution in [0.25, 0.3) is 5.69 Å². The number of rotatable bonds is 5. The molecule has 0 saturated heterocycles. The maximum absolute atomic E-state index is 12.1. The van der Waals surface area contributed by atoms with Crippen molar-refractivity contribution >= 4 is 11.7 Å². The van der Waals surface area contributed by atoms with Gasteiger partial charge in [0.15, 0.2) is 0 Å². The zero-order chi connectivity index (χ0) is 16.8. The third kappa shape index (κ3) is 3.80. The van der Waals surface area contributed by atoms with Gasteiger partial charge in [0, 0.05) is 0 Å². The number of carbonyl (C=O) groups is 1. The Morgan fingerprint density at radius 2 is 1.75 bits per heavy atom. The van der Waals surface area contributed by atoms with Crippen LogP contribution in [-0.2, 0) is 0 Å². The monoisotopic (exact) mass is 322 g/mol. The Kier molecular flexibility index (Phi) is 4.88. The summed E-state index contributed by atoms with van der Waals surface area (Å²) >= 11 is 0.